The van der Waals surface area contributed by atoms with Gasteiger partial charge in [-0.1, -0.05) is 12.1 Å². The summed E-state index contributed by atoms with van der Waals surface area (Å²) in [6.07, 6.45) is 0. The predicted octanol–water partition coefficient (Wildman–Crippen LogP) is 4.30. The standard InChI is InChI=1S/C19H18O3/c1-12-5-4-6-16(7-12)21-11-15-10-19(20)22-18-9-14(3)13(2)8-17(15)18/h4-10H,11H2,1-3H3. The van der Waals surface area contributed by atoms with Crippen molar-refractivity contribution in [3.63, 3.8) is 0 Å². The molecule has 0 saturated heterocycles. The summed E-state index contributed by atoms with van der Waals surface area (Å²) in [7, 11) is 0. The minimum Gasteiger partial charge on any atom is -0.489 e. The molecule has 0 aliphatic carbocycles. The van der Waals surface area contributed by atoms with E-state index in [4.69, 9.17) is 9.15 Å². The third-order valence-corrected chi connectivity index (χ3v) is 3.83. The maximum Gasteiger partial charge on any atom is 0.336 e. The molecule has 3 rings (SSSR count). The topological polar surface area (TPSA) is 39.4 Å². The van der Waals surface area contributed by atoms with Gasteiger partial charge in [0, 0.05) is 17.0 Å². The fraction of sp³-hybridized carbons (Fsp3) is 0.211. The summed E-state index contributed by atoms with van der Waals surface area (Å²) in [4.78, 5) is 11.7. The predicted molar refractivity (Wildman–Crippen MR) is 87.5 cm³/mol. The molecule has 1 aromatic heterocycles. The third-order valence-electron chi connectivity index (χ3n) is 3.83. The molecule has 3 nitrogen and oxygen atoms in total. The minimum absolute atomic E-state index is 0.341. The largest absolute Gasteiger partial charge is 0.489 e. The van der Waals surface area contributed by atoms with Gasteiger partial charge in [-0.3, -0.25) is 0 Å². The maximum absolute atomic E-state index is 11.7. The molecule has 2 aromatic carbocycles. The molecule has 0 fully saturated rings. The number of rotatable bonds is 3. The van der Waals surface area contributed by atoms with Crippen molar-refractivity contribution in [2.45, 2.75) is 27.4 Å². The van der Waals surface area contributed by atoms with Gasteiger partial charge in [0.2, 0.25) is 0 Å². The van der Waals surface area contributed by atoms with Gasteiger partial charge in [-0.15, -0.1) is 0 Å². The van der Waals surface area contributed by atoms with Crippen molar-refractivity contribution >= 4 is 11.0 Å². The molecular weight excluding hydrogens is 276 g/mol. The molecule has 1 heterocycles. The van der Waals surface area contributed by atoms with Crippen LogP contribution in [0, 0.1) is 20.8 Å². The van der Waals surface area contributed by atoms with E-state index >= 15 is 0 Å². The van der Waals surface area contributed by atoms with Crippen LogP contribution in [0.25, 0.3) is 11.0 Å². The van der Waals surface area contributed by atoms with Crippen LogP contribution in [0.2, 0.25) is 0 Å². The third kappa shape index (κ3) is 2.89. The molecule has 0 amide bonds. The summed E-state index contributed by atoms with van der Waals surface area (Å²) >= 11 is 0. The van der Waals surface area contributed by atoms with Crippen molar-refractivity contribution in [1.29, 1.82) is 0 Å². The van der Waals surface area contributed by atoms with Crippen LogP contribution in [-0.2, 0) is 6.61 Å². The summed E-state index contributed by atoms with van der Waals surface area (Å²) in [5.74, 6) is 0.797. The number of benzene rings is 2. The zero-order valence-corrected chi connectivity index (χ0v) is 13.0. The highest BCUT2D eigenvalue weighted by Crippen LogP contribution is 2.23. The van der Waals surface area contributed by atoms with Crippen LogP contribution in [0.5, 0.6) is 5.75 Å². The van der Waals surface area contributed by atoms with Crippen LogP contribution < -0.4 is 10.4 Å². The second-order valence-corrected chi connectivity index (χ2v) is 5.63. The Hall–Kier alpha value is -2.55. The molecule has 0 N–H and O–H groups in total. The van der Waals surface area contributed by atoms with Crippen molar-refractivity contribution in [3.8, 4) is 5.75 Å². The second kappa shape index (κ2) is 5.68. The normalized spacial score (nSPS) is 10.9. The van der Waals surface area contributed by atoms with Gasteiger partial charge in [0.1, 0.15) is 17.9 Å². The number of hydrogen-bond acceptors (Lipinski definition) is 3. The number of aryl methyl sites for hydroxylation is 3. The summed E-state index contributed by atoms with van der Waals surface area (Å²) in [5, 5.41) is 0.926. The molecule has 22 heavy (non-hydrogen) atoms. The van der Waals surface area contributed by atoms with Crippen molar-refractivity contribution in [3.05, 3.63) is 75.1 Å². The van der Waals surface area contributed by atoms with Gasteiger partial charge in [-0.25, -0.2) is 4.79 Å². The van der Waals surface area contributed by atoms with Crippen LogP contribution in [0.15, 0.2) is 51.7 Å². The molecule has 0 bridgehead atoms. The quantitative estimate of drug-likeness (QED) is 0.676. The highest BCUT2D eigenvalue weighted by molar-refractivity contribution is 5.81. The van der Waals surface area contributed by atoms with Crippen molar-refractivity contribution in [1.82, 2.24) is 0 Å². The van der Waals surface area contributed by atoms with E-state index in [1.807, 2.05) is 57.2 Å². The summed E-state index contributed by atoms with van der Waals surface area (Å²) < 4.78 is 11.1. The number of fused-ring (bicyclic) bond motifs is 1. The first kappa shape index (κ1) is 14.4. The van der Waals surface area contributed by atoms with E-state index in [-0.39, 0.29) is 5.63 Å². The van der Waals surface area contributed by atoms with E-state index in [0.717, 1.165) is 33.4 Å². The first-order valence-corrected chi connectivity index (χ1v) is 7.26. The maximum atomic E-state index is 11.7. The lowest BCUT2D eigenvalue weighted by atomic mass is 10.0. The lowest BCUT2D eigenvalue weighted by Gasteiger charge is -2.10. The van der Waals surface area contributed by atoms with E-state index < -0.39 is 0 Å². The number of ether oxygens (including phenoxy) is 1. The summed E-state index contributed by atoms with van der Waals surface area (Å²) in [6, 6.07) is 13.3. The fourth-order valence-corrected chi connectivity index (χ4v) is 2.47. The molecule has 112 valence electrons. The first-order chi connectivity index (χ1) is 10.5. The fourth-order valence-electron chi connectivity index (χ4n) is 2.47. The second-order valence-electron chi connectivity index (χ2n) is 5.63. The monoisotopic (exact) mass is 294 g/mol. The first-order valence-electron chi connectivity index (χ1n) is 7.26. The van der Waals surface area contributed by atoms with Gasteiger partial charge >= 0.3 is 5.63 Å². The van der Waals surface area contributed by atoms with E-state index in [0.29, 0.717) is 12.2 Å². The zero-order valence-electron chi connectivity index (χ0n) is 13.0. The molecular formula is C19H18O3. The van der Waals surface area contributed by atoms with Crippen molar-refractivity contribution < 1.29 is 9.15 Å². The van der Waals surface area contributed by atoms with Crippen molar-refractivity contribution in [2.75, 3.05) is 0 Å². The summed E-state index contributed by atoms with van der Waals surface area (Å²) in [5.41, 5.74) is 4.51. The molecule has 0 aliphatic rings. The Bertz CT molecular complexity index is 891. The van der Waals surface area contributed by atoms with Crippen LogP contribution >= 0.6 is 0 Å². The van der Waals surface area contributed by atoms with Gasteiger partial charge < -0.3 is 9.15 Å². The van der Waals surface area contributed by atoms with Crippen LogP contribution in [0.1, 0.15) is 22.3 Å². The molecule has 3 heteroatoms. The van der Waals surface area contributed by atoms with Gasteiger partial charge in [-0.2, -0.15) is 0 Å². The highest BCUT2D eigenvalue weighted by atomic mass is 16.5. The Morgan fingerprint density at radius 2 is 1.77 bits per heavy atom. The van der Waals surface area contributed by atoms with E-state index in [2.05, 4.69) is 0 Å². The Morgan fingerprint density at radius 1 is 1.00 bits per heavy atom. The Balaban J connectivity index is 1.99. The lowest BCUT2D eigenvalue weighted by molar-refractivity contribution is 0.306. The van der Waals surface area contributed by atoms with Crippen molar-refractivity contribution in [2.24, 2.45) is 0 Å². The van der Waals surface area contributed by atoms with Crippen LogP contribution in [0.3, 0.4) is 0 Å². The Labute approximate surface area is 129 Å². The molecule has 3 aromatic rings. The minimum atomic E-state index is -0.349. The van der Waals surface area contributed by atoms with Gasteiger partial charge in [0.25, 0.3) is 0 Å². The van der Waals surface area contributed by atoms with Crippen LogP contribution in [0.4, 0.5) is 0 Å². The Kier molecular flexibility index (Phi) is 3.72. The zero-order chi connectivity index (χ0) is 15.7. The molecule has 0 spiro atoms. The van der Waals surface area contributed by atoms with Gasteiger partial charge in [0.15, 0.2) is 0 Å². The average molecular weight is 294 g/mol. The number of hydrogen-bond donors (Lipinski definition) is 0. The van der Waals surface area contributed by atoms with Gasteiger partial charge in [-0.05, 0) is 61.7 Å². The van der Waals surface area contributed by atoms with E-state index in [1.54, 1.807) is 0 Å². The Morgan fingerprint density at radius 3 is 2.55 bits per heavy atom. The van der Waals surface area contributed by atoms with E-state index in [9.17, 15) is 4.79 Å². The lowest BCUT2D eigenvalue weighted by Crippen LogP contribution is -2.04. The molecule has 0 atom stereocenters. The SMILES string of the molecule is Cc1cccc(OCc2cc(=O)oc3cc(C)c(C)cc23)c1. The smallest absolute Gasteiger partial charge is 0.336 e. The highest BCUT2D eigenvalue weighted by Gasteiger charge is 2.08. The summed E-state index contributed by atoms with van der Waals surface area (Å²) in [6.45, 7) is 6.41. The van der Waals surface area contributed by atoms with Crippen LogP contribution in [-0.4, -0.2) is 0 Å². The van der Waals surface area contributed by atoms with E-state index in [1.165, 1.54) is 6.07 Å². The molecule has 0 saturated carbocycles. The molecule has 0 unspecified atom stereocenters. The molecule has 0 radical (unpaired) electrons. The van der Waals surface area contributed by atoms with Gasteiger partial charge in [0.05, 0.1) is 0 Å². The average Bonchev–Trinajstić information content (AvgIpc) is 2.47. The molecule has 0 aliphatic heterocycles.